The molecule has 10 heteroatoms. The molecule has 7 nitrogen and oxygen atoms in total. The molecule has 1 atom stereocenters. The number of aryl methyl sites for hydroxylation is 1. The van der Waals surface area contributed by atoms with E-state index < -0.39 is 17.8 Å². The SMILES string of the molecule is CNC(=O)c1cc(C(F)(F)F)nc2c(C(C)CNc3cc(-c4ccc(C)nc4)ncn3)cccc12. The lowest BCUT2D eigenvalue weighted by atomic mass is 9.95. The molecule has 0 saturated carbocycles. The summed E-state index contributed by atoms with van der Waals surface area (Å²) in [7, 11) is 1.38. The minimum Gasteiger partial charge on any atom is -0.369 e. The number of hydrogen-bond acceptors (Lipinski definition) is 6. The van der Waals surface area contributed by atoms with Gasteiger partial charge >= 0.3 is 6.18 Å². The smallest absolute Gasteiger partial charge is 0.369 e. The fourth-order valence-electron chi connectivity index (χ4n) is 3.73. The number of anilines is 1. The van der Waals surface area contributed by atoms with Crippen molar-refractivity contribution in [3.63, 3.8) is 0 Å². The van der Waals surface area contributed by atoms with Crippen LogP contribution in [0.25, 0.3) is 22.2 Å². The van der Waals surface area contributed by atoms with Gasteiger partial charge in [0.05, 0.1) is 16.8 Å². The number of hydrogen-bond donors (Lipinski definition) is 2. The van der Waals surface area contributed by atoms with Crippen molar-refractivity contribution in [2.45, 2.75) is 25.9 Å². The number of fused-ring (bicyclic) bond motifs is 1. The van der Waals surface area contributed by atoms with Crippen LogP contribution in [0.5, 0.6) is 0 Å². The highest BCUT2D eigenvalue weighted by molar-refractivity contribution is 6.06. The quantitative estimate of drug-likeness (QED) is 0.404. The van der Waals surface area contributed by atoms with Gasteiger partial charge in [0.15, 0.2) is 0 Å². The van der Waals surface area contributed by atoms with Crippen LogP contribution in [0.3, 0.4) is 0 Å². The van der Waals surface area contributed by atoms with Gasteiger partial charge in [0.2, 0.25) is 0 Å². The summed E-state index contributed by atoms with van der Waals surface area (Å²) in [5.74, 6) is -0.283. The topological polar surface area (TPSA) is 92.7 Å². The van der Waals surface area contributed by atoms with Crippen LogP contribution < -0.4 is 10.6 Å². The zero-order valence-electron chi connectivity index (χ0n) is 19.3. The molecule has 0 spiro atoms. The molecule has 0 radical (unpaired) electrons. The second kappa shape index (κ2) is 9.65. The Labute approximate surface area is 199 Å². The van der Waals surface area contributed by atoms with Gasteiger partial charge in [-0.2, -0.15) is 13.2 Å². The van der Waals surface area contributed by atoms with Crippen LogP contribution in [0.15, 0.2) is 55.0 Å². The minimum absolute atomic E-state index is 0.0704. The molecule has 2 N–H and O–H groups in total. The first-order valence-corrected chi connectivity index (χ1v) is 10.9. The summed E-state index contributed by atoms with van der Waals surface area (Å²) in [6.45, 7) is 4.14. The first-order chi connectivity index (χ1) is 16.7. The van der Waals surface area contributed by atoms with Crippen molar-refractivity contribution >= 4 is 22.6 Å². The van der Waals surface area contributed by atoms with E-state index in [1.165, 1.54) is 13.4 Å². The second-order valence-electron chi connectivity index (χ2n) is 8.13. The van der Waals surface area contributed by atoms with Crippen LogP contribution in [-0.4, -0.2) is 39.4 Å². The average Bonchev–Trinajstić information content (AvgIpc) is 2.85. The van der Waals surface area contributed by atoms with Crippen molar-refractivity contribution in [3.05, 3.63) is 77.5 Å². The highest BCUT2D eigenvalue weighted by Gasteiger charge is 2.34. The summed E-state index contributed by atoms with van der Waals surface area (Å²) in [5.41, 5.74) is 1.98. The molecular formula is C25H23F3N6O. The molecule has 0 saturated heterocycles. The molecule has 4 rings (SSSR count). The summed E-state index contributed by atoms with van der Waals surface area (Å²) in [4.78, 5) is 29.0. The monoisotopic (exact) mass is 480 g/mol. The van der Waals surface area contributed by atoms with Crippen molar-refractivity contribution < 1.29 is 18.0 Å². The molecule has 1 aromatic carbocycles. The van der Waals surface area contributed by atoms with Gasteiger partial charge in [-0.1, -0.05) is 25.1 Å². The number of nitrogens with one attached hydrogen (secondary N) is 2. The van der Waals surface area contributed by atoms with Gasteiger partial charge in [0, 0.05) is 48.4 Å². The van der Waals surface area contributed by atoms with Crippen LogP contribution in [0.2, 0.25) is 0 Å². The maximum atomic E-state index is 13.5. The molecule has 180 valence electrons. The highest BCUT2D eigenvalue weighted by Crippen LogP contribution is 2.34. The van der Waals surface area contributed by atoms with E-state index >= 15 is 0 Å². The Morgan fingerprint density at radius 2 is 1.89 bits per heavy atom. The number of amides is 1. The van der Waals surface area contributed by atoms with Crippen molar-refractivity contribution in [1.29, 1.82) is 0 Å². The van der Waals surface area contributed by atoms with Crippen molar-refractivity contribution in [2.75, 3.05) is 18.9 Å². The van der Waals surface area contributed by atoms with Gasteiger partial charge in [0.1, 0.15) is 17.8 Å². The number of alkyl halides is 3. The minimum atomic E-state index is -4.69. The number of pyridine rings is 2. The van der Waals surface area contributed by atoms with Crippen LogP contribution in [0.4, 0.5) is 19.0 Å². The van der Waals surface area contributed by atoms with Gasteiger partial charge in [-0.05, 0) is 30.7 Å². The summed E-state index contributed by atoms with van der Waals surface area (Å²) < 4.78 is 40.6. The number of carbonyl (C=O) groups excluding carboxylic acids is 1. The van der Waals surface area contributed by atoms with Gasteiger partial charge < -0.3 is 10.6 Å². The van der Waals surface area contributed by atoms with Crippen molar-refractivity contribution in [2.24, 2.45) is 0 Å². The highest BCUT2D eigenvalue weighted by atomic mass is 19.4. The summed E-state index contributed by atoms with van der Waals surface area (Å²) in [6.07, 6.45) is -1.52. The van der Waals surface area contributed by atoms with Gasteiger partial charge in [-0.3, -0.25) is 9.78 Å². The molecule has 35 heavy (non-hydrogen) atoms. The van der Waals surface area contributed by atoms with Gasteiger partial charge in [-0.15, -0.1) is 0 Å². The zero-order valence-corrected chi connectivity index (χ0v) is 19.3. The number of carbonyl (C=O) groups is 1. The molecule has 0 bridgehead atoms. The van der Waals surface area contributed by atoms with Crippen molar-refractivity contribution in [3.8, 4) is 11.3 Å². The predicted molar refractivity (Wildman–Crippen MR) is 127 cm³/mol. The van der Waals surface area contributed by atoms with Crippen LogP contribution in [0, 0.1) is 6.92 Å². The molecule has 0 aliphatic rings. The van der Waals surface area contributed by atoms with Crippen LogP contribution in [-0.2, 0) is 6.18 Å². The van der Waals surface area contributed by atoms with E-state index in [-0.39, 0.29) is 17.0 Å². The van der Waals surface area contributed by atoms with Crippen molar-refractivity contribution in [1.82, 2.24) is 25.3 Å². The Hall–Kier alpha value is -4.08. The number of aromatic nitrogens is 4. The van der Waals surface area contributed by atoms with Crippen LogP contribution in [0.1, 0.15) is 40.2 Å². The third-order valence-corrected chi connectivity index (χ3v) is 5.63. The van der Waals surface area contributed by atoms with E-state index in [9.17, 15) is 18.0 Å². The Bertz CT molecular complexity index is 1370. The number of nitrogens with zero attached hydrogens (tertiary/aromatic N) is 4. The average molecular weight is 480 g/mol. The second-order valence-corrected chi connectivity index (χ2v) is 8.13. The summed E-state index contributed by atoms with van der Waals surface area (Å²) in [5, 5.41) is 5.99. The number of benzene rings is 1. The fraction of sp³-hybridized carbons (Fsp3) is 0.240. The Kier molecular flexibility index (Phi) is 6.63. The Balaban J connectivity index is 1.64. The van der Waals surface area contributed by atoms with Gasteiger partial charge in [0.25, 0.3) is 5.91 Å². The molecule has 0 aliphatic heterocycles. The largest absolute Gasteiger partial charge is 0.433 e. The Morgan fingerprint density at radius 1 is 1.09 bits per heavy atom. The number of rotatable bonds is 6. The standard InChI is InChI=1S/C25H23F3N6O/c1-14(11-31-22-10-20(32-13-33-22)16-8-7-15(2)30-12-16)17-5-4-6-18-19(24(35)29-3)9-21(25(26,27)28)34-23(17)18/h4-10,12-14H,11H2,1-3H3,(H,29,35)(H,31,32,33). The third kappa shape index (κ3) is 5.21. The predicted octanol–water partition coefficient (Wildman–Crippen LogP) is 4.99. The molecule has 0 fully saturated rings. The molecule has 3 heterocycles. The summed E-state index contributed by atoms with van der Waals surface area (Å²) in [6, 6.07) is 11.4. The molecule has 4 aromatic rings. The van der Waals surface area contributed by atoms with Gasteiger partial charge in [-0.25, -0.2) is 15.0 Å². The fourth-order valence-corrected chi connectivity index (χ4v) is 3.73. The van der Waals surface area contributed by atoms with E-state index in [1.807, 2.05) is 26.0 Å². The zero-order chi connectivity index (χ0) is 25.2. The van der Waals surface area contributed by atoms with E-state index in [1.54, 1.807) is 30.5 Å². The van der Waals surface area contributed by atoms with E-state index in [4.69, 9.17) is 0 Å². The molecular weight excluding hydrogens is 457 g/mol. The Morgan fingerprint density at radius 3 is 2.57 bits per heavy atom. The van der Waals surface area contributed by atoms with E-state index in [0.717, 1.165) is 17.3 Å². The first kappa shape index (κ1) is 24.1. The lowest BCUT2D eigenvalue weighted by molar-refractivity contribution is -0.141. The lowest BCUT2D eigenvalue weighted by Crippen LogP contribution is -2.20. The first-order valence-electron chi connectivity index (χ1n) is 10.9. The van der Waals surface area contributed by atoms with Crippen LogP contribution >= 0.6 is 0 Å². The number of halogens is 3. The maximum Gasteiger partial charge on any atom is 0.433 e. The summed E-state index contributed by atoms with van der Waals surface area (Å²) >= 11 is 0. The number of para-hydroxylation sites is 1. The third-order valence-electron chi connectivity index (χ3n) is 5.63. The molecule has 1 amide bonds. The molecule has 1 unspecified atom stereocenters. The maximum absolute atomic E-state index is 13.5. The van der Waals surface area contributed by atoms with E-state index in [2.05, 4.69) is 30.6 Å². The molecule has 3 aromatic heterocycles. The lowest BCUT2D eigenvalue weighted by Gasteiger charge is -2.18. The van der Waals surface area contributed by atoms with E-state index in [0.29, 0.717) is 29.0 Å². The normalized spacial score (nSPS) is 12.4. The molecule has 0 aliphatic carbocycles.